The van der Waals surface area contributed by atoms with Crippen LogP contribution < -0.4 is 15.8 Å². The summed E-state index contributed by atoms with van der Waals surface area (Å²) in [6, 6.07) is 6.69. The second kappa shape index (κ2) is 6.90. The molecule has 1 amide bonds. The maximum absolute atomic E-state index is 12.1. The number of hydrogen-bond acceptors (Lipinski definition) is 7. The molecule has 4 heterocycles. The van der Waals surface area contributed by atoms with Crippen molar-refractivity contribution in [3.8, 4) is 0 Å². The molecule has 0 spiro atoms. The molecule has 0 unspecified atom stereocenters. The van der Waals surface area contributed by atoms with Crippen LogP contribution in [0.15, 0.2) is 35.3 Å². The highest BCUT2D eigenvalue weighted by Crippen LogP contribution is 2.17. The number of carbonyl (C=O) groups is 1. The molecule has 134 valence electrons. The van der Waals surface area contributed by atoms with Gasteiger partial charge in [0.05, 0.1) is 6.54 Å². The first-order valence-corrected chi connectivity index (χ1v) is 8.46. The summed E-state index contributed by atoms with van der Waals surface area (Å²) in [6.45, 7) is 2.00. The van der Waals surface area contributed by atoms with E-state index in [4.69, 9.17) is 0 Å². The van der Waals surface area contributed by atoms with Crippen LogP contribution in [0, 0.1) is 0 Å². The average Bonchev–Trinajstić information content (AvgIpc) is 3.31. The van der Waals surface area contributed by atoms with Crippen LogP contribution in [0.5, 0.6) is 0 Å². The molecule has 1 fully saturated rings. The van der Waals surface area contributed by atoms with Crippen LogP contribution in [-0.4, -0.2) is 48.6 Å². The first-order chi connectivity index (χ1) is 12.7. The van der Waals surface area contributed by atoms with Crippen LogP contribution in [0.25, 0.3) is 5.65 Å². The van der Waals surface area contributed by atoms with Crippen LogP contribution in [-0.2, 0) is 17.9 Å². The lowest BCUT2D eigenvalue weighted by Gasteiger charge is -2.15. The smallest absolute Gasteiger partial charge is 0.267 e. The molecule has 1 aliphatic rings. The molecule has 3 aromatic rings. The molecule has 26 heavy (non-hydrogen) atoms. The van der Waals surface area contributed by atoms with Crippen LogP contribution >= 0.6 is 0 Å². The van der Waals surface area contributed by atoms with Crippen molar-refractivity contribution in [3.05, 3.63) is 46.6 Å². The van der Waals surface area contributed by atoms with Crippen molar-refractivity contribution in [2.45, 2.75) is 25.9 Å². The molecular weight excluding hydrogens is 336 g/mol. The number of rotatable bonds is 5. The molecule has 1 aliphatic heterocycles. The van der Waals surface area contributed by atoms with Gasteiger partial charge in [0.25, 0.3) is 5.56 Å². The quantitative estimate of drug-likeness (QED) is 0.663. The molecule has 0 radical (unpaired) electrons. The van der Waals surface area contributed by atoms with Gasteiger partial charge in [-0.15, -0.1) is 15.3 Å². The predicted octanol–water partition coefficient (Wildman–Crippen LogP) is -0.402. The van der Waals surface area contributed by atoms with E-state index >= 15 is 0 Å². The van der Waals surface area contributed by atoms with Gasteiger partial charge in [-0.25, -0.2) is 4.68 Å². The van der Waals surface area contributed by atoms with E-state index in [1.54, 1.807) is 4.52 Å². The molecule has 1 N–H and O–H groups in total. The van der Waals surface area contributed by atoms with Crippen molar-refractivity contribution >= 4 is 17.4 Å². The summed E-state index contributed by atoms with van der Waals surface area (Å²) in [6.07, 6.45) is 3.79. The average molecular weight is 354 g/mol. The minimum Gasteiger partial charge on any atom is -0.355 e. The Balaban J connectivity index is 1.46. The molecule has 0 aliphatic carbocycles. The zero-order valence-electron chi connectivity index (χ0n) is 14.1. The molecule has 0 bridgehead atoms. The number of fused-ring (bicyclic) bond motifs is 1. The van der Waals surface area contributed by atoms with Gasteiger partial charge in [0.2, 0.25) is 5.91 Å². The Bertz CT molecular complexity index is 989. The molecular formula is C16H18N8O2. The normalized spacial score (nSPS) is 14.1. The summed E-state index contributed by atoms with van der Waals surface area (Å²) in [7, 11) is 0. The Hall–Kier alpha value is -3.30. The van der Waals surface area contributed by atoms with Gasteiger partial charge in [0, 0.05) is 25.4 Å². The number of carbonyl (C=O) groups excluding carboxylic acids is 1. The molecule has 3 aromatic heterocycles. The summed E-state index contributed by atoms with van der Waals surface area (Å²) in [5, 5.41) is 19.3. The highest BCUT2D eigenvalue weighted by molar-refractivity contribution is 5.75. The highest BCUT2D eigenvalue weighted by Gasteiger charge is 2.16. The first kappa shape index (κ1) is 16.2. The largest absolute Gasteiger partial charge is 0.355 e. The summed E-state index contributed by atoms with van der Waals surface area (Å²) >= 11 is 0. The number of anilines is 1. The third-order valence-corrected chi connectivity index (χ3v) is 4.27. The zero-order valence-corrected chi connectivity index (χ0v) is 14.1. The minimum absolute atomic E-state index is 0.150. The topological polar surface area (TPSA) is 110 Å². The number of aromatic nitrogens is 6. The Morgan fingerprint density at radius 1 is 1.15 bits per heavy atom. The molecule has 1 saturated heterocycles. The molecule has 4 rings (SSSR count). The number of amides is 1. The summed E-state index contributed by atoms with van der Waals surface area (Å²) in [4.78, 5) is 25.9. The number of nitrogens with one attached hydrogen (secondary N) is 1. The number of nitrogens with zero attached hydrogens (tertiary/aromatic N) is 7. The Morgan fingerprint density at radius 2 is 2.00 bits per heavy atom. The van der Waals surface area contributed by atoms with Gasteiger partial charge in [0.1, 0.15) is 12.4 Å². The molecule has 10 heteroatoms. The molecule has 0 aromatic carbocycles. The van der Waals surface area contributed by atoms with Gasteiger partial charge in [0.15, 0.2) is 11.5 Å². The van der Waals surface area contributed by atoms with Gasteiger partial charge >= 0.3 is 0 Å². The van der Waals surface area contributed by atoms with Gasteiger partial charge in [-0.3, -0.25) is 9.59 Å². The molecule has 0 atom stereocenters. The maximum Gasteiger partial charge on any atom is 0.267 e. The van der Waals surface area contributed by atoms with E-state index in [-0.39, 0.29) is 24.6 Å². The van der Waals surface area contributed by atoms with Crippen molar-refractivity contribution in [1.29, 1.82) is 0 Å². The van der Waals surface area contributed by atoms with E-state index < -0.39 is 0 Å². The SMILES string of the molecule is O=C(Cn1ncccc1=O)NCc1nnc2ccc(N3CCCC3)nn12. The minimum atomic E-state index is -0.335. The van der Waals surface area contributed by atoms with Gasteiger partial charge < -0.3 is 10.2 Å². The lowest BCUT2D eigenvalue weighted by atomic mass is 10.4. The third kappa shape index (κ3) is 3.25. The van der Waals surface area contributed by atoms with E-state index in [2.05, 4.69) is 30.6 Å². The van der Waals surface area contributed by atoms with Gasteiger partial charge in [-0.2, -0.15) is 9.61 Å². The zero-order chi connectivity index (χ0) is 17.9. The third-order valence-electron chi connectivity index (χ3n) is 4.27. The summed E-state index contributed by atoms with van der Waals surface area (Å²) in [5.74, 6) is 1.07. The second-order valence-electron chi connectivity index (χ2n) is 6.07. The van der Waals surface area contributed by atoms with Crippen molar-refractivity contribution in [2.24, 2.45) is 0 Å². The Labute approximate surface area is 148 Å². The first-order valence-electron chi connectivity index (χ1n) is 8.46. The van der Waals surface area contributed by atoms with Crippen molar-refractivity contribution in [3.63, 3.8) is 0 Å². The van der Waals surface area contributed by atoms with E-state index in [0.29, 0.717) is 11.5 Å². The fraction of sp³-hybridized carbons (Fsp3) is 0.375. The standard InChI is InChI=1S/C16H18N8O2/c25-15(11-23-16(26)4-3-7-18-23)17-10-14-20-19-12-5-6-13(21-24(12)14)22-8-1-2-9-22/h3-7H,1-2,8-11H2,(H,17,25). The van der Waals surface area contributed by atoms with Crippen LogP contribution in [0.2, 0.25) is 0 Å². The number of hydrogen-bond donors (Lipinski definition) is 1. The Morgan fingerprint density at radius 3 is 2.81 bits per heavy atom. The Kier molecular flexibility index (Phi) is 4.30. The molecule has 10 nitrogen and oxygen atoms in total. The summed E-state index contributed by atoms with van der Waals surface area (Å²) in [5.41, 5.74) is 0.297. The maximum atomic E-state index is 12.1. The van der Waals surface area contributed by atoms with E-state index in [1.165, 1.54) is 18.3 Å². The van der Waals surface area contributed by atoms with E-state index in [9.17, 15) is 9.59 Å². The van der Waals surface area contributed by atoms with E-state index in [1.807, 2.05) is 12.1 Å². The lowest BCUT2D eigenvalue weighted by Crippen LogP contribution is -2.33. The van der Waals surface area contributed by atoms with Crippen molar-refractivity contribution < 1.29 is 4.79 Å². The second-order valence-corrected chi connectivity index (χ2v) is 6.07. The fourth-order valence-corrected chi connectivity index (χ4v) is 2.92. The van der Waals surface area contributed by atoms with Gasteiger partial charge in [-0.05, 0) is 31.0 Å². The van der Waals surface area contributed by atoms with E-state index in [0.717, 1.165) is 36.4 Å². The predicted molar refractivity (Wildman–Crippen MR) is 92.6 cm³/mol. The van der Waals surface area contributed by atoms with Crippen LogP contribution in [0.1, 0.15) is 18.7 Å². The molecule has 0 saturated carbocycles. The lowest BCUT2D eigenvalue weighted by molar-refractivity contribution is -0.122. The van der Waals surface area contributed by atoms with Crippen molar-refractivity contribution in [1.82, 2.24) is 34.9 Å². The van der Waals surface area contributed by atoms with Crippen molar-refractivity contribution in [2.75, 3.05) is 18.0 Å². The summed E-state index contributed by atoms with van der Waals surface area (Å²) < 4.78 is 2.74. The monoisotopic (exact) mass is 354 g/mol. The van der Waals surface area contributed by atoms with Crippen LogP contribution in [0.4, 0.5) is 5.82 Å². The van der Waals surface area contributed by atoms with Crippen LogP contribution in [0.3, 0.4) is 0 Å². The fourth-order valence-electron chi connectivity index (χ4n) is 2.92. The van der Waals surface area contributed by atoms with Gasteiger partial charge in [-0.1, -0.05) is 0 Å². The highest BCUT2D eigenvalue weighted by atomic mass is 16.2.